The van der Waals surface area contributed by atoms with Gasteiger partial charge in [-0.25, -0.2) is 4.98 Å². The Morgan fingerprint density at radius 3 is 2.92 bits per heavy atom. The van der Waals surface area contributed by atoms with Crippen molar-refractivity contribution >= 4 is 33.0 Å². The van der Waals surface area contributed by atoms with Gasteiger partial charge in [-0.1, -0.05) is 40.7 Å². The van der Waals surface area contributed by atoms with Crippen LogP contribution in [-0.4, -0.2) is 22.5 Å². The number of hydrogen-bond donors (Lipinski definition) is 0. The molecule has 5 nitrogen and oxygen atoms in total. The molecular weight excluding hydrogens is 382 g/mol. The number of benzene rings is 2. The van der Waals surface area contributed by atoms with E-state index in [4.69, 9.17) is 4.74 Å². The van der Waals surface area contributed by atoms with Gasteiger partial charge in [0.25, 0.3) is 5.56 Å². The SMILES string of the molecule is C=CCOc1ccccc1C=Nn1c(C)nc2ccc(Br)cc2c1=O. The molecule has 1 heterocycles. The topological polar surface area (TPSA) is 56.5 Å². The van der Waals surface area contributed by atoms with Gasteiger partial charge in [-0.3, -0.25) is 4.79 Å². The molecule has 0 aliphatic heterocycles. The van der Waals surface area contributed by atoms with Crippen LogP contribution in [0.25, 0.3) is 10.9 Å². The third-order valence-corrected chi connectivity index (χ3v) is 4.05. The van der Waals surface area contributed by atoms with Gasteiger partial charge in [-0.2, -0.15) is 9.78 Å². The van der Waals surface area contributed by atoms with E-state index in [1.807, 2.05) is 30.3 Å². The smallest absolute Gasteiger partial charge is 0.282 e. The first-order chi connectivity index (χ1) is 12.1. The van der Waals surface area contributed by atoms with Gasteiger partial charge in [0, 0.05) is 10.0 Å². The Kier molecular flexibility index (Phi) is 5.09. The van der Waals surface area contributed by atoms with Gasteiger partial charge >= 0.3 is 0 Å². The summed E-state index contributed by atoms with van der Waals surface area (Å²) in [6.07, 6.45) is 3.27. The van der Waals surface area contributed by atoms with Crippen LogP contribution in [0.3, 0.4) is 0 Å². The van der Waals surface area contributed by atoms with Crippen LogP contribution >= 0.6 is 15.9 Å². The van der Waals surface area contributed by atoms with E-state index in [1.165, 1.54) is 4.68 Å². The summed E-state index contributed by atoms with van der Waals surface area (Å²) in [5.41, 5.74) is 1.20. The minimum absolute atomic E-state index is 0.218. The molecule has 0 aliphatic carbocycles. The zero-order valence-corrected chi connectivity index (χ0v) is 15.2. The zero-order valence-electron chi connectivity index (χ0n) is 13.6. The largest absolute Gasteiger partial charge is 0.489 e. The van der Waals surface area contributed by atoms with Crippen LogP contribution in [0.4, 0.5) is 0 Å². The number of ether oxygens (including phenoxy) is 1. The number of halogens is 1. The molecule has 0 saturated heterocycles. The Hall–Kier alpha value is -2.73. The van der Waals surface area contributed by atoms with E-state index in [-0.39, 0.29) is 5.56 Å². The van der Waals surface area contributed by atoms with E-state index in [2.05, 4.69) is 32.6 Å². The number of nitrogens with zero attached hydrogens (tertiary/aromatic N) is 3. The van der Waals surface area contributed by atoms with Crippen LogP contribution in [-0.2, 0) is 0 Å². The van der Waals surface area contributed by atoms with Crippen molar-refractivity contribution in [1.82, 2.24) is 9.66 Å². The fourth-order valence-electron chi connectivity index (χ4n) is 2.38. The predicted octanol–water partition coefficient (Wildman–Crippen LogP) is 3.91. The van der Waals surface area contributed by atoms with Crippen LogP contribution in [0.2, 0.25) is 0 Å². The molecule has 6 heteroatoms. The van der Waals surface area contributed by atoms with Gasteiger partial charge in [0.2, 0.25) is 0 Å². The molecule has 0 saturated carbocycles. The van der Waals surface area contributed by atoms with E-state index in [9.17, 15) is 4.79 Å². The lowest BCUT2D eigenvalue weighted by molar-refractivity contribution is 0.362. The van der Waals surface area contributed by atoms with Crippen LogP contribution in [0.5, 0.6) is 5.75 Å². The molecule has 0 spiro atoms. The fraction of sp³-hybridized carbons (Fsp3) is 0.105. The maximum atomic E-state index is 12.7. The molecule has 3 rings (SSSR count). The number of rotatable bonds is 5. The number of aryl methyl sites for hydroxylation is 1. The third-order valence-electron chi connectivity index (χ3n) is 3.56. The van der Waals surface area contributed by atoms with E-state index in [0.717, 1.165) is 10.0 Å². The first kappa shape index (κ1) is 17.1. The fourth-order valence-corrected chi connectivity index (χ4v) is 2.74. The molecule has 1 aromatic heterocycles. The number of para-hydroxylation sites is 1. The lowest BCUT2D eigenvalue weighted by Gasteiger charge is -2.08. The molecule has 0 N–H and O–H groups in total. The predicted molar refractivity (Wildman–Crippen MR) is 104 cm³/mol. The van der Waals surface area contributed by atoms with E-state index in [0.29, 0.717) is 29.1 Å². The third kappa shape index (κ3) is 3.69. The van der Waals surface area contributed by atoms with Crippen molar-refractivity contribution < 1.29 is 4.74 Å². The second-order valence-corrected chi connectivity index (χ2v) is 6.24. The lowest BCUT2D eigenvalue weighted by atomic mass is 10.2. The summed E-state index contributed by atoms with van der Waals surface area (Å²) < 4.78 is 7.71. The highest BCUT2D eigenvalue weighted by Crippen LogP contribution is 2.17. The number of hydrogen-bond acceptors (Lipinski definition) is 4. The summed E-state index contributed by atoms with van der Waals surface area (Å²) in [6, 6.07) is 12.9. The number of aromatic nitrogens is 2. The van der Waals surface area contributed by atoms with E-state index < -0.39 is 0 Å². The monoisotopic (exact) mass is 397 g/mol. The molecule has 0 bridgehead atoms. The zero-order chi connectivity index (χ0) is 17.8. The minimum Gasteiger partial charge on any atom is -0.489 e. The van der Waals surface area contributed by atoms with Crippen molar-refractivity contribution in [2.24, 2.45) is 5.10 Å². The van der Waals surface area contributed by atoms with Gasteiger partial charge in [-0.15, -0.1) is 0 Å². The van der Waals surface area contributed by atoms with Crippen molar-refractivity contribution in [2.75, 3.05) is 6.61 Å². The summed E-state index contributed by atoms with van der Waals surface area (Å²) in [5, 5.41) is 4.83. The first-order valence-electron chi connectivity index (χ1n) is 7.66. The van der Waals surface area contributed by atoms with Crippen LogP contribution < -0.4 is 10.3 Å². The maximum Gasteiger partial charge on any atom is 0.282 e. The molecule has 0 amide bonds. The Labute approximate surface area is 153 Å². The standard InChI is InChI=1S/C19H16BrN3O2/c1-3-10-25-18-7-5-4-6-14(18)12-21-23-13(2)22-17-9-8-15(20)11-16(17)19(23)24/h3-9,11-12H,1,10H2,2H3. The molecule has 2 aromatic carbocycles. The Morgan fingerprint density at radius 2 is 2.12 bits per heavy atom. The Bertz CT molecular complexity index is 1020. The Morgan fingerprint density at radius 1 is 1.32 bits per heavy atom. The van der Waals surface area contributed by atoms with Gasteiger partial charge in [0.05, 0.1) is 17.1 Å². The highest BCUT2D eigenvalue weighted by molar-refractivity contribution is 9.10. The Balaban J connectivity index is 2.05. The van der Waals surface area contributed by atoms with Crippen molar-refractivity contribution in [1.29, 1.82) is 0 Å². The van der Waals surface area contributed by atoms with Gasteiger partial charge in [0.15, 0.2) is 0 Å². The van der Waals surface area contributed by atoms with Gasteiger partial charge in [0.1, 0.15) is 18.2 Å². The average Bonchev–Trinajstić information content (AvgIpc) is 2.61. The lowest BCUT2D eigenvalue weighted by Crippen LogP contribution is -2.20. The number of fused-ring (bicyclic) bond motifs is 1. The summed E-state index contributed by atoms with van der Waals surface area (Å²) >= 11 is 3.38. The molecule has 0 aliphatic rings. The molecule has 126 valence electrons. The highest BCUT2D eigenvalue weighted by atomic mass is 79.9. The van der Waals surface area contributed by atoms with Crippen molar-refractivity contribution in [3.05, 3.63) is 81.3 Å². The van der Waals surface area contributed by atoms with Crippen LogP contribution in [0.1, 0.15) is 11.4 Å². The van der Waals surface area contributed by atoms with Crippen LogP contribution in [0.15, 0.2) is 69.5 Å². The normalized spacial score (nSPS) is 11.1. The summed E-state index contributed by atoms with van der Waals surface area (Å²) in [6.45, 7) is 5.79. The molecule has 3 aromatic rings. The molecule has 0 unspecified atom stereocenters. The van der Waals surface area contributed by atoms with Gasteiger partial charge in [-0.05, 0) is 37.3 Å². The van der Waals surface area contributed by atoms with Gasteiger partial charge < -0.3 is 4.74 Å². The molecule has 0 radical (unpaired) electrons. The van der Waals surface area contributed by atoms with E-state index >= 15 is 0 Å². The second-order valence-electron chi connectivity index (χ2n) is 5.32. The molecule has 0 fully saturated rings. The van der Waals surface area contributed by atoms with E-state index in [1.54, 1.807) is 31.3 Å². The first-order valence-corrected chi connectivity index (χ1v) is 8.45. The second kappa shape index (κ2) is 7.44. The molecular formula is C19H16BrN3O2. The highest BCUT2D eigenvalue weighted by Gasteiger charge is 2.08. The summed E-state index contributed by atoms with van der Waals surface area (Å²) in [4.78, 5) is 17.2. The summed E-state index contributed by atoms with van der Waals surface area (Å²) in [5.74, 6) is 1.19. The summed E-state index contributed by atoms with van der Waals surface area (Å²) in [7, 11) is 0. The molecule has 25 heavy (non-hydrogen) atoms. The van der Waals surface area contributed by atoms with Crippen LogP contribution in [0, 0.1) is 6.92 Å². The van der Waals surface area contributed by atoms with Crippen molar-refractivity contribution in [3.8, 4) is 5.75 Å². The van der Waals surface area contributed by atoms with Crippen molar-refractivity contribution in [3.63, 3.8) is 0 Å². The quantitative estimate of drug-likeness (QED) is 0.484. The average molecular weight is 398 g/mol. The maximum absolute atomic E-state index is 12.7. The van der Waals surface area contributed by atoms with Crippen molar-refractivity contribution in [2.45, 2.75) is 6.92 Å². The minimum atomic E-state index is -0.218. The molecule has 0 atom stereocenters.